The summed E-state index contributed by atoms with van der Waals surface area (Å²) in [6.07, 6.45) is 1.84. The van der Waals surface area contributed by atoms with Gasteiger partial charge in [-0.25, -0.2) is 0 Å². The van der Waals surface area contributed by atoms with Gasteiger partial charge in [0.1, 0.15) is 0 Å². The number of nitro groups is 1. The van der Waals surface area contributed by atoms with Crippen molar-refractivity contribution >= 4 is 17.4 Å². The predicted molar refractivity (Wildman–Crippen MR) is 62.3 cm³/mol. The van der Waals surface area contributed by atoms with E-state index in [2.05, 4.69) is 0 Å². The molecule has 0 saturated carbocycles. The first-order chi connectivity index (χ1) is 7.04. The Morgan fingerprint density at radius 3 is 2.60 bits per heavy atom. The lowest BCUT2D eigenvalue weighted by molar-refractivity contribution is -0.387. The van der Waals surface area contributed by atoms with Crippen LogP contribution in [-0.2, 0) is 6.54 Å². The molecular formula is C10H14N2O2S. The van der Waals surface area contributed by atoms with E-state index in [9.17, 15) is 10.1 Å². The number of hydrogen-bond donors (Lipinski definition) is 0. The van der Waals surface area contributed by atoms with E-state index >= 15 is 0 Å². The first-order valence-corrected chi connectivity index (χ1v) is 5.73. The molecule has 0 atom stereocenters. The zero-order valence-electron chi connectivity index (χ0n) is 9.06. The lowest BCUT2D eigenvalue weighted by atomic mass is 10.2. The zero-order chi connectivity index (χ0) is 11.4. The number of rotatable bonds is 4. The molecule has 0 radical (unpaired) electrons. The van der Waals surface area contributed by atoms with E-state index in [4.69, 9.17) is 0 Å². The van der Waals surface area contributed by atoms with Crippen LogP contribution in [0.5, 0.6) is 0 Å². The molecule has 0 N–H and O–H groups in total. The average Bonchev–Trinajstić information content (AvgIpc) is 2.16. The molecule has 5 heteroatoms. The Morgan fingerprint density at radius 1 is 1.47 bits per heavy atom. The molecule has 1 rings (SSSR count). The maximum Gasteiger partial charge on any atom is 0.283 e. The Morgan fingerprint density at radius 2 is 2.13 bits per heavy atom. The fourth-order valence-corrected chi connectivity index (χ4v) is 1.89. The normalized spacial score (nSPS) is 10.7. The van der Waals surface area contributed by atoms with Gasteiger partial charge in [-0.15, -0.1) is 11.8 Å². The highest BCUT2D eigenvalue weighted by Crippen LogP contribution is 2.28. The lowest BCUT2D eigenvalue weighted by Crippen LogP contribution is -2.10. The van der Waals surface area contributed by atoms with Gasteiger partial charge in [-0.1, -0.05) is 6.07 Å². The fourth-order valence-electron chi connectivity index (χ4n) is 1.34. The van der Waals surface area contributed by atoms with Crippen molar-refractivity contribution in [1.29, 1.82) is 0 Å². The van der Waals surface area contributed by atoms with Crippen molar-refractivity contribution in [3.8, 4) is 0 Å². The summed E-state index contributed by atoms with van der Waals surface area (Å²) in [7, 11) is 3.88. The summed E-state index contributed by atoms with van der Waals surface area (Å²) in [5, 5.41) is 10.8. The molecule has 0 saturated heterocycles. The van der Waals surface area contributed by atoms with E-state index in [1.165, 1.54) is 11.8 Å². The van der Waals surface area contributed by atoms with E-state index in [1.54, 1.807) is 6.07 Å². The number of benzene rings is 1. The van der Waals surface area contributed by atoms with Crippen LogP contribution in [0.15, 0.2) is 23.1 Å². The summed E-state index contributed by atoms with van der Waals surface area (Å²) in [5.74, 6) is 0. The highest BCUT2D eigenvalue weighted by Gasteiger charge is 2.13. The maximum atomic E-state index is 10.8. The summed E-state index contributed by atoms with van der Waals surface area (Å²) in [6, 6.07) is 5.38. The smallest absolute Gasteiger partial charge is 0.283 e. The van der Waals surface area contributed by atoms with Crippen LogP contribution in [0.1, 0.15) is 5.56 Å². The third-order valence-electron chi connectivity index (χ3n) is 1.94. The number of hydrogen-bond acceptors (Lipinski definition) is 4. The largest absolute Gasteiger partial charge is 0.305 e. The highest BCUT2D eigenvalue weighted by molar-refractivity contribution is 7.98. The molecule has 0 aliphatic rings. The van der Waals surface area contributed by atoms with Gasteiger partial charge >= 0.3 is 0 Å². The molecule has 0 heterocycles. The van der Waals surface area contributed by atoms with Gasteiger partial charge in [-0.3, -0.25) is 10.1 Å². The molecule has 0 spiro atoms. The molecule has 15 heavy (non-hydrogen) atoms. The Balaban J connectivity index is 3.05. The van der Waals surface area contributed by atoms with Crippen molar-refractivity contribution in [3.05, 3.63) is 33.9 Å². The van der Waals surface area contributed by atoms with Gasteiger partial charge in [-0.2, -0.15) is 0 Å². The van der Waals surface area contributed by atoms with Crippen LogP contribution >= 0.6 is 11.8 Å². The van der Waals surface area contributed by atoms with Crippen LogP contribution in [-0.4, -0.2) is 30.2 Å². The second kappa shape index (κ2) is 5.14. The lowest BCUT2D eigenvalue weighted by Gasteiger charge is -2.09. The van der Waals surface area contributed by atoms with E-state index in [0.717, 1.165) is 12.1 Å². The van der Waals surface area contributed by atoms with Gasteiger partial charge in [0.25, 0.3) is 5.69 Å². The summed E-state index contributed by atoms with van der Waals surface area (Å²) in [5.41, 5.74) is 1.16. The standard InChI is InChI=1S/C10H14N2O2S/c1-11(2)7-8-4-5-10(15-3)9(6-8)12(13)14/h4-6H,7H2,1-3H3. The second-order valence-corrected chi connectivity index (χ2v) is 4.35. The van der Waals surface area contributed by atoms with Crippen molar-refractivity contribution in [2.45, 2.75) is 11.4 Å². The Bertz CT molecular complexity index is 366. The van der Waals surface area contributed by atoms with Gasteiger partial charge in [-0.05, 0) is 32.0 Å². The minimum absolute atomic E-state index is 0.196. The van der Waals surface area contributed by atoms with Crippen molar-refractivity contribution in [1.82, 2.24) is 4.90 Å². The molecular weight excluding hydrogens is 212 g/mol. The number of nitro benzene ring substituents is 1. The summed E-state index contributed by atoms with van der Waals surface area (Å²) in [4.78, 5) is 13.2. The van der Waals surface area contributed by atoms with Gasteiger partial charge < -0.3 is 4.90 Å². The van der Waals surface area contributed by atoms with E-state index in [-0.39, 0.29) is 10.6 Å². The third kappa shape index (κ3) is 3.21. The molecule has 0 aromatic heterocycles. The Kier molecular flexibility index (Phi) is 4.11. The molecule has 0 unspecified atom stereocenters. The van der Waals surface area contributed by atoms with Crippen LogP contribution in [0.3, 0.4) is 0 Å². The maximum absolute atomic E-state index is 10.8. The van der Waals surface area contributed by atoms with E-state index in [1.807, 2.05) is 37.4 Å². The van der Waals surface area contributed by atoms with E-state index < -0.39 is 0 Å². The first kappa shape index (κ1) is 12.0. The zero-order valence-corrected chi connectivity index (χ0v) is 9.87. The quantitative estimate of drug-likeness (QED) is 0.449. The van der Waals surface area contributed by atoms with Gasteiger partial charge in [0.2, 0.25) is 0 Å². The average molecular weight is 226 g/mol. The molecule has 0 amide bonds. The van der Waals surface area contributed by atoms with Crippen LogP contribution in [0.4, 0.5) is 5.69 Å². The monoisotopic (exact) mass is 226 g/mol. The SMILES string of the molecule is CSc1ccc(CN(C)C)cc1[N+](=O)[O-]. The Hall–Kier alpha value is -1.07. The minimum Gasteiger partial charge on any atom is -0.305 e. The number of nitrogens with zero attached hydrogens (tertiary/aromatic N) is 2. The van der Waals surface area contributed by atoms with Crippen molar-refractivity contribution in [2.24, 2.45) is 0 Å². The molecule has 82 valence electrons. The molecule has 0 aliphatic carbocycles. The van der Waals surface area contributed by atoms with Gasteiger partial charge in [0, 0.05) is 12.6 Å². The molecule has 1 aromatic carbocycles. The summed E-state index contributed by atoms with van der Waals surface area (Å²) < 4.78 is 0. The molecule has 0 aliphatic heterocycles. The fraction of sp³-hybridized carbons (Fsp3) is 0.400. The Labute approximate surface area is 93.4 Å². The van der Waals surface area contributed by atoms with Crippen molar-refractivity contribution in [3.63, 3.8) is 0 Å². The topological polar surface area (TPSA) is 46.4 Å². The van der Waals surface area contributed by atoms with Crippen LogP contribution in [0.2, 0.25) is 0 Å². The molecule has 0 bridgehead atoms. The first-order valence-electron chi connectivity index (χ1n) is 4.50. The molecule has 1 aromatic rings. The van der Waals surface area contributed by atoms with E-state index in [0.29, 0.717) is 4.90 Å². The summed E-state index contributed by atoms with van der Waals surface area (Å²) >= 11 is 1.40. The van der Waals surface area contributed by atoms with Crippen LogP contribution < -0.4 is 0 Å². The highest BCUT2D eigenvalue weighted by atomic mass is 32.2. The third-order valence-corrected chi connectivity index (χ3v) is 2.72. The molecule has 0 fully saturated rings. The van der Waals surface area contributed by atoms with Crippen molar-refractivity contribution < 1.29 is 4.92 Å². The molecule has 4 nitrogen and oxygen atoms in total. The van der Waals surface area contributed by atoms with Crippen LogP contribution in [0, 0.1) is 10.1 Å². The predicted octanol–water partition coefficient (Wildman–Crippen LogP) is 2.38. The van der Waals surface area contributed by atoms with Gasteiger partial charge in [0.05, 0.1) is 9.82 Å². The number of thioether (sulfide) groups is 1. The van der Waals surface area contributed by atoms with Crippen molar-refractivity contribution in [2.75, 3.05) is 20.4 Å². The minimum atomic E-state index is -0.328. The summed E-state index contributed by atoms with van der Waals surface area (Å²) in [6.45, 7) is 0.718. The van der Waals surface area contributed by atoms with Gasteiger partial charge in [0.15, 0.2) is 0 Å². The van der Waals surface area contributed by atoms with Crippen LogP contribution in [0.25, 0.3) is 0 Å². The second-order valence-electron chi connectivity index (χ2n) is 3.50.